The minimum atomic E-state index is 0.0469. The SMILES string of the molecule is CCC1CC(NC2CCN(C)C2=O)CCO1. The lowest BCUT2D eigenvalue weighted by molar-refractivity contribution is -0.128. The van der Waals surface area contributed by atoms with E-state index in [1.807, 2.05) is 11.9 Å². The summed E-state index contributed by atoms with van der Waals surface area (Å²) >= 11 is 0. The molecule has 2 fully saturated rings. The van der Waals surface area contributed by atoms with Crippen molar-refractivity contribution in [2.24, 2.45) is 0 Å². The van der Waals surface area contributed by atoms with Gasteiger partial charge < -0.3 is 15.0 Å². The summed E-state index contributed by atoms with van der Waals surface area (Å²) in [5, 5.41) is 3.49. The molecule has 0 saturated carbocycles. The van der Waals surface area contributed by atoms with E-state index in [2.05, 4.69) is 12.2 Å². The average Bonchev–Trinajstić information content (AvgIpc) is 2.61. The number of ether oxygens (including phenoxy) is 1. The molecule has 0 aliphatic carbocycles. The third-order valence-corrected chi connectivity index (χ3v) is 3.69. The number of nitrogens with one attached hydrogen (secondary N) is 1. The average molecular weight is 226 g/mol. The molecule has 3 atom stereocenters. The zero-order chi connectivity index (χ0) is 11.5. The van der Waals surface area contributed by atoms with Crippen LogP contribution in [0.4, 0.5) is 0 Å². The minimum Gasteiger partial charge on any atom is -0.378 e. The summed E-state index contributed by atoms with van der Waals surface area (Å²) in [4.78, 5) is 13.6. The molecule has 0 radical (unpaired) electrons. The minimum absolute atomic E-state index is 0.0469. The van der Waals surface area contributed by atoms with Gasteiger partial charge in [0.2, 0.25) is 5.91 Å². The lowest BCUT2D eigenvalue weighted by atomic mass is 10.0. The molecule has 0 aromatic rings. The second-order valence-corrected chi connectivity index (χ2v) is 4.89. The molecular formula is C12H22N2O2. The summed E-state index contributed by atoms with van der Waals surface area (Å²) in [5.74, 6) is 0.250. The molecule has 2 rings (SSSR count). The topological polar surface area (TPSA) is 41.6 Å². The summed E-state index contributed by atoms with van der Waals surface area (Å²) < 4.78 is 5.63. The van der Waals surface area contributed by atoms with Gasteiger partial charge in [-0.25, -0.2) is 0 Å². The third kappa shape index (κ3) is 2.55. The van der Waals surface area contributed by atoms with Gasteiger partial charge in [-0.3, -0.25) is 4.79 Å². The Hall–Kier alpha value is -0.610. The van der Waals surface area contributed by atoms with Gasteiger partial charge in [0.05, 0.1) is 12.1 Å². The van der Waals surface area contributed by atoms with Crippen LogP contribution in [0.2, 0.25) is 0 Å². The summed E-state index contributed by atoms with van der Waals surface area (Å²) in [6.45, 7) is 3.87. The Morgan fingerprint density at radius 3 is 2.94 bits per heavy atom. The summed E-state index contributed by atoms with van der Waals surface area (Å²) in [7, 11) is 1.88. The van der Waals surface area contributed by atoms with Crippen molar-refractivity contribution in [3.63, 3.8) is 0 Å². The first-order valence-electron chi connectivity index (χ1n) is 6.33. The first-order chi connectivity index (χ1) is 7.70. The predicted molar refractivity (Wildman–Crippen MR) is 62.2 cm³/mol. The zero-order valence-corrected chi connectivity index (χ0v) is 10.2. The summed E-state index contributed by atoms with van der Waals surface area (Å²) in [6, 6.07) is 0.504. The van der Waals surface area contributed by atoms with Gasteiger partial charge in [-0.05, 0) is 25.7 Å². The second kappa shape index (κ2) is 5.15. The van der Waals surface area contributed by atoms with E-state index in [4.69, 9.17) is 4.74 Å². The number of hydrogen-bond acceptors (Lipinski definition) is 3. The van der Waals surface area contributed by atoms with Gasteiger partial charge >= 0.3 is 0 Å². The standard InChI is InChI=1S/C12H22N2O2/c1-3-10-8-9(5-7-16-10)13-11-4-6-14(2)12(11)15/h9-11,13H,3-8H2,1-2H3. The lowest BCUT2D eigenvalue weighted by Crippen LogP contribution is -2.46. The Labute approximate surface area is 97.3 Å². The molecule has 1 N–H and O–H groups in total. The monoisotopic (exact) mass is 226 g/mol. The number of nitrogens with zero attached hydrogens (tertiary/aromatic N) is 1. The van der Waals surface area contributed by atoms with E-state index in [1.54, 1.807) is 0 Å². The Balaban J connectivity index is 1.83. The van der Waals surface area contributed by atoms with E-state index in [9.17, 15) is 4.79 Å². The van der Waals surface area contributed by atoms with Crippen molar-refractivity contribution >= 4 is 5.91 Å². The highest BCUT2D eigenvalue weighted by molar-refractivity contribution is 5.83. The van der Waals surface area contributed by atoms with Crippen molar-refractivity contribution < 1.29 is 9.53 Å². The molecular weight excluding hydrogens is 204 g/mol. The quantitative estimate of drug-likeness (QED) is 0.772. The van der Waals surface area contributed by atoms with Crippen molar-refractivity contribution in [1.29, 1.82) is 0 Å². The summed E-state index contributed by atoms with van der Waals surface area (Å²) in [6.07, 6.45) is 4.47. The van der Waals surface area contributed by atoms with Crippen LogP contribution in [-0.2, 0) is 9.53 Å². The highest BCUT2D eigenvalue weighted by Crippen LogP contribution is 2.18. The van der Waals surface area contributed by atoms with Gasteiger partial charge in [0.25, 0.3) is 0 Å². The molecule has 0 aromatic carbocycles. The van der Waals surface area contributed by atoms with E-state index in [0.717, 1.165) is 38.8 Å². The van der Waals surface area contributed by atoms with Crippen LogP contribution in [0, 0.1) is 0 Å². The Morgan fingerprint density at radius 1 is 1.50 bits per heavy atom. The van der Waals surface area contributed by atoms with Crippen LogP contribution in [0.5, 0.6) is 0 Å². The van der Waals surface area contributed by atoms with E-state index in [1.165, 1.54) is 0 Å². The van der Waals surface area contributed by atoms with Gasteiger partial charge in [-0.1, -0.05) is 6.92 Å². The van der Waals surface area contributed by atoms with E-state index >= 15 is 0 Å². The molecule has 4 heteroatoms. The number of carbonyl (C=O) groups is 1. The van der Waals surface area contributed by atoms with Crippen molar-refractivity contribution in [2.75, 3.05) is 20.2 Å². The molecule has 4 nitrogen and oxygen atoms in total. The van der Waals surface area contributed by atoms with Gasteiger partial charge in [0, 0.05) is 26.2 Å². The number of likely N-dealkylation sites (N-methyl/N-ethyl adjacent to an activating group) is 1. The maximum Gasteiger partial charge on any atom is 0.239 e. The van der Waals surface area contributed by atoms with Crippen molar-refractivity contribution in [2.45, 2.75) is 50.8 Å². The molecule has 0 bridgehead atoms. The Morgan fingerprint density at radius 2 is 2.31 bits per heavy atom. The first-order valence-corrected chi connectivity index (χ1v) is 6.33. The molecule has 2 heterocycles. The normalized spacial score (nSPS) is 35.8. The molecule has 2 saturated heterocycles. The fraction of sp³-hybridized carbons (Fsp3) is 0.917. The third-order valence-electron chi connectivity index (χ3n) is 3.69. The van der Waals surface area contributed by atoms with E-state index < -0.39 is 0 Å². The molecule has 1 amide bonds. The Kier molecular flexibility index (Phi) is 3.82. The number of likely N-dealkylation sites (tertiary alicyclic amines) is 1. The number of carbonyl (C=O) groups excluding carboxylic acids is 1. The molecule has 16 heavy (non-hydrogen) atoms. The number of hydrogen-bond donors (Lipinski definition) is 1. The molecule has 0 aromatic heterocycles. The van der Waals surface area contributed by atoms with Gasteiger partial charge in [0.1, 0.15) is 0 Å². The number of amides is 1. The smallest absolute Gasteiger partial charge is 0.239 e. The van der Waals surface area contributed by atoms with Crippen molar-refractivity contribution in [3.05, 3.63) is 0 Å². The first kappa shape index (κ1) is 11.9. The van der Waals surface area contributed by atoms with Crippen LogP contribution in [-0.4, -0.2) is 49.2 Å². The van der Waals surface area contributed by atoms with E-state index in [-0.39, 0.29) is 11.9 Å². The zero-order valence-electron chi connectivity index (χ0n) is 10.2. The van der Waals surface area contributed by atoms with Crippen molar-refractivity contribution in [3.8, 4) is 0 Å². The second-order valence-electron chi connectivity index (χ2n) is 4.89. The van der Waals surface area contributed by atoms with Crippen LogP contribution >= 0.6 is 0 Å². The van der Waals surface area contributed by atoms with Gasteiger partial charge in [0.15, 0.2) is 0 Å². The van der Waals surface area contributed by atoms with Gasteiger partial charge in [-0.2, -0.15) is 0 Å². The molecule has 2 aliphatic heterocycles. The van der Waals surface area contributed by atoms with E-state index in [0.29, 0.717) is 12.1 Å². The highest BCUT2D eigenvalue weighted by atomic mass is 16.5. The Bertz CT molecular complexity index is 257. The molecule has 0 spiro atoms. The lowest BCUT2D eigenvalue weighted by Gasteiger charge is -2.31. The fourth-order valence-corrected chi connectivity index (χ4v) is 2.58. The summed E-state index contributed by atoms with van der Waals surface area (Å²) in [5.41, 5.74) is 0. The molecule has 92 valence electrons. The van der Waals surface area contributed by atoms with Crippen LogP contribution < -0.4 is 5.32 Å². The van der Waals surface area contributed by atoms with Crippen LogP contribution in [0.1, 0.15) is 32.6 Å². The van der Waals surface area contributed by atoms with Crippen LogP contribution in [0.15, 0.2) is 0 Å². The maximum absolute atomic E-state index is 11.8. The molecule has 3 unspecified atom stereocenters. The molecule has 2 aliphatic rings. The highest BCUT2D eigenvalue weighted by Gasteiger charge is 2.32. The fourth-order valence-electron chi connectivity index (χ4n) is 2.58. The predicted octanol–water partition coefficient (Wildman–Crippen LogP) is 0.764. The van der Waals surface area contributed by atoms with Crippen LogP contribution in [0.25, 0.3) is 0 Å². The van der Waals surface area contributed by atoms with Crippen molar-refractivity contribution in [1.82, 2.24) is 10.2 Å². The van der Waals surface area contributed by atoms with Gasteiger partial charge in [-0.15, -0.1) is 0 Å². The largest absolute Gasteiger partial charge is 0.378 e. The maximum atomic E-state index is 11.8. The van der Waals surface area contributed by atoms with Crippen LogP contribution in [0.3, 0.4) is 0 Å². The number of rotatable bonds is 3.